The van der Waals surface area contributed by atoms with E-state index in [1.807, 2.05) is 13.0 Å². The number of rotatable bonds is 5. The van der Waals surface area contributed by atoms with Crippen LogP contribution in [0, 0.1) is 17.2 Å². The van der Waals surface area contributed by atoms with Crippen LogP contribution in [-0.4, -0.2) is 16.1 Å². The van der Waals surface area contributed by atoms with Crippen molar-refractivity contribution in [2.45, 2.75) is 49.8 Å². The van der Waals surface area contributed by atoms with Crippen LogP contribution in [0.3, 0.4) is 0 Å². The third-order valence-electron chi connectivity index (χ3n) is 4.77. The van der Waals surface area contributed by atoms with Crippen molar-refractivity contribution in [1.29, 1.82) is 5.26 Å². The molecule has 7 heteroatoms. The van der Waals surface area contributed by atoms with E-state index in [1.54, 1.807) is 18.2 Å². The predicted octanol–water partition coefficient (Wildman–Crippen LogP) is 5.89. The van der Waals surface area contributed by atoms with Gasteiger partial charge in [0.05, 0.1) is 10.8 Å². The van der Waals surface area contributed by atoms with Crippen LogP contribution < -0.4 is 5.32 Å². The third-order valence-corrected chi connectivity index (χ3v) is 6.57. The molecular formula is C21H21Cl2N3OS. The Bertz CT molecular complexity index is 922. The topological polar surface area (TPSA) is 65.8 Å². The summed E-state index contributed by atoms with van der Waals surface area (Å²) in [6.07, 6.45) is 3.57. The molecule has 28 heavy (non-hydrogen) atoms. The summed E-state index contributed by atoms with van der Waals surface area (Å²) in [6.45, 7) is 4.16. The van der Waals surface area contributed by atoms with Crippen molar-refractivity contribution in [1.82, 2.24) is 4.98 Å². The lowest BCUT2D eigenvalue weighted by molar-refractivity contribution is -0.115. The molecule has 2 aromatic rings. The zero-order chi connectivity index (χ0) is 20.3. The summed E-state index contributed by atoms with van der Waals surface area (Å²) in [7, 11) is 0. The molecule has 0 fully saturated rings. The SMILES string of the molecule is CCC(Sc1nc2c(cc1C#N)CC(C)CC2)C(=O)Nc1cc(Cl)cc(Cl)c1. The fraction of sp³-hybridized carbons (Fsp3) is 0.381. The highest BCUT2D eigenvalue weighted by atomic mass is 35.5. The average Bonchev–Trinajstić information content (AvgIpc) is 2.64. The number of nitrogens with one attached hydrogen (secondary N) is 1. The maximum absolute atomic E-state index is 12.8. The number of fused-ring (bicyclic) bond motifs is 1. The number of hydrogen-bond donors (Lipinski definition) is 1. The summed E-state index contributed by atoms with van der Waals surface area (Å²) >= 11 is 13.4. The zero-order valence-corrected chi connectivity index (χ0v) is 18.1. The number of pyridine rings is 1. The van der Waals surface area contributed by atoms with Crippen molar-refractivity contribution < 1.29 is 4.79 Å². The third kappa shape index (κ3) is 5.00. The Morgan fingerprint density at radius 1 is 1.36 bits per heavy atom. The van der Waals surface area contributed by atoms with E-state index in [2.05, 4.69) is 18.3 Å². The molecule has 1 aromatic carbocycles. The Morgan fingerprint density at radius 2 is 2.07 bits per heavy atom. The Hall–Kier alpha value is -1.74. The lowest BCUT2D eigenvalue weighted by Crippen LogP contribution is -2.25. The maximum atomic E-state index is 12.8. The van der Waals surface area contributed by atoms with Crippen molar-refractivity contribution in [3.05, 3.63) is 51.1 Å². The number of nitrogens with zero attached hydrogens (tertiary/aromatic N) is 2. The quantitative estimate of drug-likeness (QED) is 0.596. The molecule has 1 heterocycles. The van der Waals surface area contributed by atoms with Gasteiger partial charge in [0.15, 0.2) is 0 Å². The number of thioether (sulfide) groups is 1. The molecular weight excluding hydrogens is 413 g/mol. The molecule has 1 aromatic heterocycles. The first kappa shape index (κ1) is 21.0. The summed E-state index contributed by atoms with van der Waals surface area (Å²) < 4.78 is 0. The van der Waals surface area contributed by atoms with Crippen LogP contribution >= 0.6 is 35.0 Å². The van der Waals surface area contributed by atoms with Gasteiger partial charge in [0.25, 0.3) is 0 Å². The number of halogens is 2. The first-order valence-electron chi connectivity index (χ1n) is 9.26. The Morgan fingerprint density at radius 3 is 2.71 bits per heavy atom. The van der Waals surface area contributed by atoms with Gasteiger partial charge in [0.2, 0.25) is 5.91 Å². The van der Waals surface area contributed by atoms with E-state index >= 15 is 0 Å². The largest absolute Gasteiger partial charge is 0.325 e. The molecule has 1 N–H and O–H groups in total. The molecule has 0 radical (unpaired) electrons. The second-order valence-electron chi connectivity index (χ2n) is 7.07. The normalized spacial score (nSPS) is 16.8. The standard InChI is InChI=1S/C21H21Cl2N3OS/c1-3-19(20(27)25-17-9-15(22)8-16(23)10-17)28-21-14(11-24)7-13-6-12(2)4-5-18(13)26-21/h7-10,12,19H,3-6H2,1-2H3,(H,25,27). The number of nitriles is 1. The average molecular weight is 434 g/mol. The van der Waals surface area contributed by atoms with Gasteiger partial charge in [-0.2, -0.15) is 5.26 Å². The smallest absolute Gasteiger partial charge is 0.237 e. The summed E-state index contributed by atoms with van der Waals surface area (Å²) in [5, 5.41) is 13.6. The van der Waals surface area contributed by atoms with E-state index in [0.29, 0.717) is 38.7 Å². The van der Waals surface area contributed by atoms with Crippen LogP contribution in [0.15, 0.2) is 29.3 Å². The van der Waals surface area contributed by atoms with Gasteiger partial charge in [-0.1, -0.05) is 48.8 Å². The molecule has 0 bridgehead atoms. The number of carbonyl (C=O) groups is 1. The van der Waals surface area contributed by atoms with Crippen molar-refractivity contribution in [2.24, 2.45) is 5.92 Å². The van der Waals surface area contributed by atoms with Gasteiger partial charge in [-0.15, -0.1) is 0 Å². The van der Waals surface area contributed by atoms with E-state index in [4.69, 9.17) is 28.2 Å². The number of hydrogen-bond acceptors (Lipinski definition) is 4. The monoisotopic (exact) mass is 433 g/mol. The predicted molar refractivity (Wildman–Crippen MR) is 115 cm³/mol. The van der Waals surface area contributed by atoms with Crippen molar-refractivity contribution in [3.63, 3.8) is 0 Å². The van der Waals surface area contributed by atoms with Crippen LogP contribution in [0.1, 0.15) is 43.5 Å². The van der Waals surface area contributed by atoms with E-state index < -0.39 is 0 Å². The number of benzene rings is 1. The Kier molecular flexibility index (Phi) is 6.87. The summed E-state index contributed by atoms with van der Waals surface area (Å²) in [5.74, 6) is 0.445. The number of aryl methyl sites for hydroxylation is 1. The minimum atomic E-state index is -0.377. The second-order valence-corrected chi connectivity index (χ2v) is 9.13. The minimum absolute atomic E-state index is 0.164. The number of anilines is 1. The van der Waals surface area contributed by atoms with Crippen molar-refractivity contribution >= 4 is 46.6 Å². The zero-order valence-electron chi connectivity index (χ0n) is 15.8. The first-order valence-corrected chi connectivity index (χ1v) is 10.9. The highest BCUT2D eigenvalue weighted by Gasteiger charge is 2.24. The van der Waals surface area contributed by atoms with Crippen LogP contribution in [0.25, 0.3) is 0 Å². The number of aromatic nitrogens is 1. The molecule has 2 atom stereocenters. The van der Waals surface area contributed by atoms with Crippen LogP contribution in [0.2, 0.25) is 10.0 Å². The number of carbonyl (C=O) groups excluding carboxylic acids is 1. The molecule has 0 spiro atoms. The van der Waals surface area contributed by atoms with E-state index in [1.165, 1.54) is 11.8 Å². The van der Waals surface area contributed by atoms with Crippen molar-refractivity contribution in [2.75, 3.05) is 5.32 Å². The molecule has 2 unspecified atom stereocenters. The molecule has 146 valence electrons. The first-order chi connectivity index (χ1) is 13.4. The van der Waals surface area contributed by atoms with E-state index in [9.17, 15) is 10.1 Å². The molecule has 1 aliphatic rings. The lowest BCUT2D eigenvalue weighted by Gasteiger charge is -2.22. The Labute approximate surface area is 179 Å². The fourth-order valence-electron chi connectivity index (χ4n) is 3.30. The highest BCUT2D eigenvalue weighted by Crippen LogP contribution is 2.33. The van der Waals surface area contributed by atoms with Gasteiger partial charge >= 0.3 is 0 Å². The van der Waals surface area contributed by atoms with Gasteiger partial charge in [-0.3, -0.25) is 4.79 Å². The maximum Gasteiger partial charge on any atom is 0.237 e. The molecule has 0 aliphatic heterocycles. The van der Waals surface area contributed by atoms with E-state index in [-0.39, 0.29) is 11.2 Å². The number of amides is 1. The fourth-order valence-corrected chi connectivity index (χ4v) is 4.83. The molecule has 4 nitrogen and oxygen atoms in total. The molecule has 3 rings (SSSR count). The lowest BCUT2D eigenvalue weighted by atomic mass is 9.87. The van der Waals surface area contributed by atoms with Gasteiger partial charge in [-0.25, -0.2) is 4.98 Å². The van der Waals surface area contributed by atoms with Crippen LogP contribution in [-0.2, 0) is 17.6 Å². The Balaban J connectivity index is 1.80. The molecule has 0 saturated carbocycles. The van der Waals surface area contributed by atoms with Gasteiger partial charge < -0.3 is 5.32 Å². The molecule has 1 amide bonds. The van der Waals surface area contributed by atoms with Crippen LogP contribution in [0.5, 0.6) is 0 Å². The van der Waals surface area contributed by atoms with Gasteiger partial charge in [0.1, 0.15) is 11.1 Å². The summed E-state index contributed by atoms with van der Waals surface area (Å²) in [4.78, 5) is 17.5. The second kappa shape index (κ2) is 9.17. The summed E-state index contributed by atoms with van der Waals surface area (Å²) in [6, 6.07) is 9.11. The minimum Gasteiger partial charge on any atom is -0.325 e. The van der Waals surface area contributed by atoms with Crippen molar-refractivity contribution in [3.8, 4) is 6.07 Å². The van der Waals surface area contributed by atoms with Crippen LogP contribution in [0.4, 0.5) is 5.69 Å². The molecule has 1 aliphatic carbocycles. The molecule has 0 saturated heterocycles. The summed E-state index contributed by atoms with van der Waals surface area (Å²) in [5.41, 5.74) is 3.30. The highest BCUT2D eigenvalue weighted by molar-refractivity contribution is 8.00. The van der Waals surface area contributed by atoms with E-state index in [0.717, 1.165) is 30.5 Å². The van der Waals surface area contributed by atoms with Gasteiger partial charge in [-0.05, 0) is 61.4 Å². The van der Waals surface area contributed by atoms with Gasteiger partial charge in [0, 0.05) is 21.4 Å².